The Kier molecular flexibility index (Phi) is 4.68. The molecule has 0 saturated carbocycles. The molecule has 2 heterocycles. The SMILES string of the molecule is CCN(C=O)c1cccc(-c2ccnc3c(C(=O)c4ccccc4)cnn23)c1. The minimum atomic E-state index is -0.118. The van der Waals surface area contributed by atoms with Crippen LogP contribution >= 0.6 is 0 Å². The van der Waals surface area contributed by atoms with Gasteiger partial charge in [-0.25, -0.2) is 9.50 Å². The molecule has 4 rings (SSSR count). The van der Waals surface area contributed by atoms with E-state index in [1.54, 1.807) is 33.9 Å². The third kappa shape index (κ3) is 3.05. The monoisotopic (exact) mass is 370 g/mol. The first-order valence-corrected chi connectivity index (χ1v) is 8.97. The average molecular weight is 370 g/mol. The summed E-state index contributed by atoms with van der Waals surface area (Å²) in [6.07, 6.45) is 4.03. The van der Waals surface area contributed by atoms with Gasteiger partial charge in [0.15, 0.2) is 11.4 Å². The summed E-state index contributed by atoms with van der Waals surface area (Å²) in [5, 5.41) is 4.41. The minimum absolute atomic E-state index is 0.118. The molecule has 2 aromatic carbocycles. The van der Waals surface area contributed by atoms with Crippen LogP contribution in [-0.2, 0) is 4.79 Å². The number of fused-ring (bicyclic) bond motifs is 1. The zero-order valence-electron chi connectivity index (χ0n) is 15.3. The lowest BCUT2D eigenvalue weighted by Gasteiger charge is -2.16. The van der Waals surface area contributed by atoms with E-state index in [1.807, 2.05) is 55.5 Å². The molecule has 6 nitrogen and oxygen atoms in total. The van der Waals surface area contributed by atoms with E-state index in [-0.39, 0.29) is 5.78 Å². The van der Waals surface area contributed by atoms with Gasteiger partial charge in [-0.05, 0) is 25.1 Å². The van der Waals surface area contributed by atoms with Crippen molar-refractivity contribution in [1.82, 2.24) is 14.6 Å². The number of nitrogens with zero attached hydrogens (tertiary/aromatic N) is 4. The van der Waals surface area contributed by atoms with Gasteiger partial charge in [-0.15, -0.1) is 0 Å². The third-order valence-corrected chi connectivity index (χ3v) is 4.62. The van der Waals surface area contributed by atoms with Crippen LogP contribution in [0.15, 0.2) is 73.1 Å². The van der Waals surface area contributed by atoms with E-state index in [2.05, 4.69) is 10.1 Å². The van der Waals surface area contributed by atoms with Gasteiger partial charge in [0.2, 0.25) is 6.41 Å². The highest BCUT2D eigenvalue weighted by atomic mass is 16.1. The van der Waals surface area contributed by atoms with Crippen molar-refractivity contribution >= 4 is 23.5 Å². The predicted molar refractivity (Wildman–Crippen MR) is 107 cm³/mol. The second-order valence-electron chi connectivity index (χ2n) is 6.26. The number of carbonyl (C=O) groups is 2. The summed E-state index contributed by atoms with van der Waals surface area (Å²) in [6, 6.07) is 18.6. The summed E-state index contributed by atoms with van der Waals surface area (Å²) in [7, 11) is 0. The molecule has 0 radical (unpaired) electrons. The topological polar surface area (TPSA) is 67.6 Å². The molecule has 0 saturated heterocycles. The number of amides is 1. The quantitative estimate of drug-likeness (QED) is 0.384. The Hall–Kier alpha value is -3.80. The molecule has 1 amide bonds. The highest BCUT2D eigenvalue weighted by molar-refractivity contribution is 6.12. The van der Waals surface area contributed by atoms with Crippen molar-refractivity contribution in [3.05, 3.63) is 84.2 Å². The fourth-order valence-electron chi connectivity index (χ4n) is 3.18. The number of aromatic nitrogens is 3. The molecule has 0 unspecified atom stereocenters. The number of ketones is 1. The molecule has 0 bridgehead atoms. The van der Waals surface area contributed by atoms with Gasteiger partial charge in [-0.2, -0.15) is 5.10 Å². The Labute approximate surface area is 162 Å². The minimum Gasteiger partial charge on any atom is -0.315 e. The molecule has 0 aliphatic rings. The van der Waals surface area contributed by atoms with Crippen molar-refractivity contribution in [2.75, 3.05) is 11.4 Å². The second-order valence-corrected chi connectivity index (χ2v) is 6.26. The molecule has 2 aromatic heterocycles. The summed E-state index contributed by atoms with van der Waals surface area (Å²) >= 11 is 0. The number of carbonyl (C=O) groups excluding carboxylic acids is 2. The van der Waals surface area contributed by atoms with E-state index in [4.69, 9.17) is 0 Å². The zero-order valence-corrected chi connectivity index (χ0v) is 15.3. The van der Waals surface area contributed by atoms with Crippen molar-refractivity contribution < 1.29 is 9.59 Å². The number of hydrogen-bond acceptors (Lipinski definition) is 4. The lowest BCUT2D eigenvalue weighted by molar-refractivity contribution is -0.107. The van der Waals surface area contributed by atoms with Crippen LogP contribution in [0.1, 0.15) is 22.8 Å². The van der Waals surface area contributed by atoms with E-state index in [1.165, 1.54) is 0 Å². The van der Waals surface area contributed by atoms with Crippen LogP contribution in [0.4, 0.5) is 5.69 Å². The van der Waals surface area contributed by atoms with Gasteiger partial charge in [-0.1, -0.05) is 42.5 Å². The predicted octanol–water partition coefficient (Wildman–Crippen LogP) is 3.61. The molecule has 0 aliphatic carbocycles. The summed E-state index contributed by atoms with van der Waals surface area (Å²) < 4.78 is 1.66. The van der Waals surface area contributed by atoms with E-state index >= 15 is 0 Å². The van der Waals surface area contributed by atoms with Gasteiger partial charge in [0.05, 0.1) is 17.5 Å². The normalized spacial score (nSPS) is 10.8. The van der Waals surface area contributed by atoms with Crippen LogP contribution in [0, 0.1) is 0 Å². The maximum absolute atomic E-state index is 12.9. The second kappa shape index (κ2) is 7.44. The fourth-order valence-corrected chi connectivity index (χ4v) is 3.18. The van der Waals surface area contributed by atoms with Gasteiger partial charge < -0.3 is 4.90 Å². The van der Waals surface area contributed by atoms with Gasteiger partial charge in [0, 0.05) is 29.6 Å². The standard InChI is InChI=1S/C22H18N4O2/c1-2-25(15-27)18-10-6-9-17(13-18)20-11-12-23-22-19(14-24-26(20)22)21(28)16-7-4-3-5-8-16/h3-15H,2H2,1H3. The highest BCUT2D eigenvalue weighted by Crippen LogP contribution is 2.26. The summed E-state index contributed by atoms with van der Waals surface area (Å²) in [5.74, 6) is -0.118. The van der Waals surface area contributed by atoms with E-state index in [9.17, 15) is 9.59 Å². The lowest BCUT2D eigenvalue weighted by atomic mass is 10.1. The van der Waals surface area contributed by atoms with Crippen molar-refractivity contribution in [3.63, 3.8) is 0 Å². The van der Waals surface area contributed by atoms with Gasteiger partial charge in [-0.3, -0.25) is 9.59 Å². The van der Waals surface area contributed by atoms with Crippen LogP contribution in [0.25, 0.3) is 16.9 Å². The third-order valence-electron chi connectivity index (χ3n) is 4.62. The summed E-state index contributed by atoms with van der Waals surface area (Å²) in [5.41, 5.74) is 4.02. The highest BCUT2D eigenvalue weighted by Gasteiger charge is 2.17. The molecule has 0 atom stereocenters. The van der Waals surface area contributed by atoms with Crippen molar-refractivity contribution in [1.29, 1.82) is 0 Å². The van der Waals surface area contributed by atoms with E-state index in [0.29, 0.717) is 23.3 Å². The Morgan fingerprint density at radius 2 is 1.93 bits per heavy atom. The van der Waals surface area contributed by atoms with Crippen LogP contribution in [-0.4, -0.2) is 33.3 Å². The molecule has 4 aromatic rings. The molecule has 0 fully saturated rings. The molecule has 6 heteroatoms. The molecule has 0 N–H and O–H groups in total. The first kappa shape index (κ1) is 17.6. The molecule has 138 valence electrons. The van der Waals surface area contributed by atoms with Crippen LogP contribution in [0.3, 0.4) is 0 Å². The lowest BCUT2D eigenvalue weighted by Crippen LogP contribution is -2.19. The number of anilines is 1. The Balaban J connectivity index is 1.81. The van der Waals surface area contributed by atoms with Crippen LogP contribution in [0.5, 0.6) is 0 Å². The summed E-state index contributed by atoms with van der Waals surface area (Å²) in [4.78, 5) is 30.1. The first-order valence-electron chi connectivity index (χ1n) is 8.97. The van der Waals surface area contributed by atoms with Gasteiger partial charge in [0.25, 0.3) is 0 Å². The van der Waals surface area contributed by atoms with Crippen LogP contribution in [0.2, 0.25) is 0 Å². The van der Waals surface area contributed by atoms with Crippen molar-refractivity contribution in [2.45, 2.75) is 6.92 Å². The van der Waals surface area contributed by atoms with E-state index in [0.717, 1.165) is 23.4 Å². The maximum atomic E-state index is 12.9. The molecule has 0 aliphatic heterocycles. The first-order chi connectivity index (χ1) is 13.7. The number of benzene rings is 2. The number of hydrogen-bond donors (Lipinski definition) is 0. The molecule has 28 heavy (non-hydrogen) atoms. The average Bonchev–Trinajstić information content (AvgIpc) is 3.19. The molecule has 0 spiro atoms. The Morgan fingerprint density at radius 1 is 1.11 bits per heavy atom. The smallest absolute Gasteiger partial charge is 0.214 e. The fraction of sp³-hybridized carbons (Fsp3) is 0.0909. The van der Waals surface area contributed by atoms with Crippen LogP contribution < -0.4 is 4.90 Å². The largest absolute Gasteiger partial charge is 0.315 e. The van der Waals surface area contributed by atoms with Crippen molar-refractivity contribution in [2.24, 2.45) is 0 Å². The van der Waals surface area contributed by atoms with Gasteiger partial charge >= 0.3 is 0 Å². The molecular weight excluding hydrogens is 352 g/mol. The van der Waals surface area contributed by atoms with E-state index < -0.39 is 0 Å². The molecular formula is C22H18N4O2. The Bertz CT molecular complexity index is 1150. The maximum Gasteiger partial charge on any atom is 0.214 e. The summed E-state index contributed by atoms with van der Waals surface area (Å²) in [6.45, 7) is 2.50. The van der Waals surface area contributed by atoms with Gasteiger partial charge in [0.1, 0.15) is 0 Å². The zero-order chi connectivity index (χ0) is 19.5. The van der Waals surface area contributed by atoms with Crippen molar-refractivity contribution in [3.8, 4) is 11.3 Å². The number of rotatable bonds is 6. The Morgan fingerprint density at radius 3 is 2.68 bits per heavy atom.